The Morgan fingerprint density at radius 3 is 3.07 bits per heavy atom. The first-order valence-corrected chi connectivity index (χ1v) is 6.04. The standard InChI is InChI=1S/C11H15BrN2O/c12-9-3-4-10(13-6-9)7-14-5-1-2-11(15)8-14/h3-4,6,11,15H,1-2,5,7-8H2. The molecule has 0 radical (unpaired) electrons. The molecule has 1 fully saturated rings. The van der Waals surface area contributed by atoms with E-state index in [0.717, 1.165) is 42.6 Å². The second-order valence-electron chi connectivity index (χ2n) is 4.00. The van der Waals surface area contributed by atoms with Crippen LogP contribution >= 0.6 is 15.9 Å². The predicted molar refractivity (Wildman–Crippen MR) is 62.5 cm³/mol. The van der Waals surface area contributed by atoms with Crippen LogP contribution in [0.4, 0.5) is 0 Å². The van der Waals surface area contributed by atoms with E-state index < -0.39 is 0 Å². The minimum atomic E-state index is -0.158. The van der Waals surface area contributed by atoms with Crippen molar-refractivity contribution in [2.45, 2.75) is 25.5 Å². The van der Waals surface area contributed by atoms with Gasteiger partial charge in [0.15, 0.2) is 0 Å². The Morgan fingerprint density at radius 1 is 1.53 bits per heavy atom. The van der Waals surface area contributed by atoms with Gasteiger partial charge in [-0.1, -0.05) is 0 Å². The predicted octanol–water partition coefficient (Wildman–Crippen LogP) is 1.80. The van der Waals surface area contributed by atoms with Crippen LogP contribution in [0.3, 0.4) is 0 Å². The Hall–Kier alpha value is -0.450. The summed E-state index contributed by atoms with van der Waals surface area (Å²) < 4.78 is 1.00. The Morgan fingerprint density at radius 2 is 2.40 bits per heavy atom. The molecule has 1 atom stereocenters. The number of aliphatic hydroxyl groups excluding tert-OH is 1. The van der Waals surface area contributed by atoms with Gasteiger partial charge in [0.1, 0.15) is 0 Å². The van der Waals surface area contributed by atoms with E-state index in [0.29, 0.717) is 0 Å². The molecule has 1 aliphatic rings. The maximum atomic E-state index is 9.53. The number of piperidine rings is 1. The van der Waals surface area contributed by atoms with Crippen molar-refractivity contribution in [1.82, 2.24) is 9.88 Å². The van der Waals surface area contributed by atoms with Crippen LogP contribution in [0.1, 0.15) is 18.5 Å². The van der Waals surface area contributed by atoms with Gasteiger partial charge in [0.05, 0.1) is 11.8 Å². The van der Waals surface area contributed by atoms with Crippen molar-refractivity contribution in [3.8, 4) is 0 Å². The van der Waals surface area contributed by atoms with E-state index in [9.17, 15) is 5.11 Å². The van der Waals surface area contributed by atoms with Gasteiger partial charge >= 0.3 is 0 Å². The van der Waals surface area contributed by atoms with Crippen LogP contribution in [0.25, 0.3) is 0 Å². The summed E-state index contributed by atoms with van der Waals surface area (Å²) in [7, 11) is 0. The maximum absolute atomic E-state index is 9.53. The first kappa shape index (κ1) is 11.0. The van der Waals surface area contributed by atoms with Crippen LogP contribution in [-0.4, -0.2) is 34.2 Å². The molecule has 0 spiro atoms. The molecular formula is C11H15BrN2O. The molecule has 82 valence electrons. The van der Waals surface area contributed by atoms with E-state index in [1.807, 2.05) is 18.3 Å². The molecule has 1 unspecified atom stereocenters. The van der Waals surface area contributed by atoms with Crippen molar-refractivity contribution in [3.63, 3.8) is 0 Å². The fourth-order valence-electron chi connectivity index (χ4n) is 1.90. The zero-order valence-electron chi connectivity index (χ0n) is 8.56. The molecule has 1 aromatic rings. The maximum Gasteiger partial charge on any atom is 0.0667 e. The van der Waals surface area contributed by atoms with Crippen molar-refractivity contribution in [3.05, 3.63) is 28.5 Å². The molecule has 0 aromatic carbocycles. The third kappa shape index (κ3) is 3.26. The molecule has 2 heterocycles. The molecule has 0 amide bonds. The monoisotopic (exact) mass is 270 g/mol. The minimum Gasteiger partial charge on any atom is -0.392 e. The van der Waals surface area contributed by atoms with Crippen LogP contribution in [0.2, 0.25) is 0 Å². The molecule has 15 heavy (non-hydrogen) atoms. The zero-order valence-corrected chi connectivity index (χ0v) is 10.2. The van der Waals surface area contributed by atoms with E-state index in [4.69, 9.17) is 0 Å². The second kappa shape index (κ2) is 5.05. The molecular weight excluding hydrogens is 256 g/mol. The molecule has 1 aromatic heterocycles. The van der Waals surface area contributed by atoms with Crippen molar-refractivity contribution < 1.29 is 5.11 Å². The van der Waals surface area contributed by atoms with Crippen molar-refractivity contribution in [2.24, 2.45) is 0 Å². The quantitative estimate of drug-likeness (QED) is 0.891. The number of hydrogen-bond acceptors (Lipinski definition) is 3. The van der Waals surface area contributed by atoms with Gasteiger partial charge in [-0.3, -0.25) is 9.88 Å². The fourth-order valence-corrected chi connectivity index (χ4v) is 2.14. The fraction of sp³-hybridized carbons (Fsp3) is 0.545. The number of β-amino-alcohol motifs (C(OH)–C–C–N with tert-alkyl or cyclic N) is 1. The van der Waals surface area contributed by atoms with Crippen LogP contribution in [0.15, 0.2) is 22.8 Å². The van der Waals surface area contributed by atoms with Crippen molar-refractivity contribution in [2.75, 3.05) is 13.1 Å². The lowest BCUT2D eigenvalue weighted by Crippen LogP contribution is -2.37. The zero-order chi connectivity index (χ0) is 10.7. The van der Waals surface area contributed by atoms with Crippen molar-refractivity contribution >= 4 is 15.9 Å². The van der Waals surface area contributed by atoms with Crippen LogP contribution in [0, 0.1) is 0 Å². The van der Waals surface area contributed by atoms with Crippen LogP contribution < -0.4 is 0 Å². The van der Waals surface area contributed by atoms with Gasteiger partial charge in [-0.25, -0.2) is 0 Å². The lowest BCUT2D eigenvalue weighted by Gasteiger charge is -2.29. The average Bonchev–Trinajstić information content (AvgIpc) is 2.22. The molecule has 1 saturated heterocycles. The third-order valence-corrected chi connectivity index (χ3v) is 3.12. The highest BCUT2D eigenvalue weighted by Crippen LogP contribution is 2.13. The summed E-state index contributed by atoms with van der Waals surface area (Å²) in [4.78, 5) is 6.58. The lowest BCUT2D eigenvalue weighted by atomic mass is 10.1. The topological polar surface area (TPSA) is 36.4 Å². The SMILES string of the molecule is OC1CCCN(Cc2ccc(Br)cn2)C1. The third-order valence-electron chi connectivity index (χ3n) is 2.65. The molecule has 2 rings (SSSR count). The molecule has 1 N–H and O–H groups in total. The molecule has 0 bridgehead atoms. The molecule has 4 heteroatoms. The number of aliphatic hydroxyl groups is 1. The Bertz CT molecular complexity index is 315. The van der Waals surface area contributed by atoms with Gasteiger partial charge in [-0.05, 0) is 47.4 Å². The molecule has 3 nitrogen and oxygen atoms in total. The summed E-state index contributed by atoms with van der Waals surface area (Å²) in [5, 5.41) is 9.53. The van der Waals surface area contributed by atoms with E-state index >= 15 is 0 Å². The normalized spacial score (nSPS) is 22.9. The highest BCUT2D eigenvalue weighted by Gasteiger charge is 2.17. The lowest BCUT2D eigenvalue weighted by molar-refractivity contribution is 0.0662. The summed E-state index contributed by atoms with van der Waals surface area (Å²) in [6.45, 7) is 2.68. The Balaban J connectivity index is 1.93. The smallest absolute Gasteiger partial charge is 0.0667 e. The van der Waals surface area contributed by atoms with E-state index in [1.165, 1.54) is 0 Å². The van der Waals surface area contributed by atoms with Gasteiger partial charge in [-0.15, -0.1) is 0 Å². The number of pyridine rings is 1. The van der Waals surface area contributed by atoms with Gasteiger partial charge in [0.25, 0.3) is 0 Å². The van der Waals surface area contributed by atoms with Gasteiger partial charge in [0, 0.05) is 23.8 Å². The first-order valence-electron chi connectivity index (χ1n) is 5.25. The Kier molecular flexibility index (Phi) is 3.72. The summed E-state index contributed by atoms with van der Waals surface area (Å²) in [5.74, 6) is 0. The summed E-state index contributed by atoms with van der Waals surface area (Å²) in [6, 6.07) is 4.02. The van der Waals surface area contributed by atoms with Crippen molar-refractivity contribution in [1.29, 1.82) is 0 Å². The summed E-state index contributed by atoms with van der Waals surface area (Å²) >= 11 is 3.36. The number of halogens is 1. The molecule has 0 saturated carbocycles. The summed E-state index contributed by atoms with van der Waals surface area (Å²) in [6.07, 6.45) is 3.67. The van der Waals surface area contributed by atoms with Gasteiger partial charge in [0.2, 0.25) is 0 Å². The average molecular weight is 271 g/mol. The number of rotatable bonds is 2. The number of likely N-dealkylation sites (tertiary alicyclic amines) is 1. The second-order valence-corrected chi connectivity index (χ2v) is 4.91. The van der Waals surface area contributed by atoms with Crippen LogP contribution in [0.5, 0.6) is 0 Å². The van der Waals surface area contributed by atoms with E-state index in [1.54, 1.807) is 0 Å². The highest BCUT2D eigenvalue weighted by atomic mass is 79.9. The Labute approximate surface area is 98.3 Å². The van der Waals surface area contributed by atoms with Gasteiger partial charge < -0.3 is 5.11 Å². The largest absolute Gasteiger partial charge is 0.392 e. The van der Waals surface area contributed by atoms with Gasteiger partial charge in [-0.2, -0.15) is 0 Å². The highest BCUT2D eigenvalue weighted by molar-refractivity contribution is 9.10. The number of aromatic nitrogens is 1. The number of nitrogens with zero attached hydrogens (tertiary/aromatic N) is 2. The molecule has 1 aliphatic heterocycles. The van der Waals surface area contributed by atoms with E-state index in [-0.39, 0.29) is 6.10 Å². The van der Waals surface area contributed by atoms with E-state index in [2.05, 4.69) is 25.8 Å². The minimum absolute atomic E-state index is 0.158. The number of hydrogen-bond donors (Lipinski definition) is 1. The molecule has 0 aliphatic carbocycles. The first-order chi connectivity index (χ1) is 7.24. The summed E-state index contributed by atoms with van der Waals surface area (Å²) in [5.41, 5.74) is 1.06. The van der Waals surface area contributed by atoms with Crippen LogP contribution in [-0.2, 0) is 6.54 Å².